The Labute approximate surface area is 132 Å². The van der Waals surface area contributed by atoms with Crippen LogP contribution in [0.25, 0.3) is 0 Å². The molecule has 0 radical (unpaired) electrons. The van der Waals surface area contributed by atoms with Crippen molar-refractivity contribution in [1.82, 2.24) is 9.80 Å². The minimum Gasteiger partial charge on any atom is -0.378 e. The molecule has 19 heavy (non-hydrogen) atoms. The average Bonchev–Trinajstić information content (AvgIpc) is 2.32. The van der Waals surface area contributed by atoms with Gasteiger partial charge in [-0.25, -0.2) is 0 Å². The molecule has 0 aromatic rings. The summed E-state index contributed by atoms with van der Waals surface area (Å²) in [7, 11) is 0. The van der Waals surface area contributed by atoms with Crippen LogP contribution in [0.5, 0.6) is 0 Å². The van der Waals surface area contributed by atoms with Crippen LogP contribution in [0, 0.1) is 0 Å². The number of nitrogens with zero attached hydrogens (tertiary/aromatic N) is 2. The van der Waals surface area contributed by atoms with Gasteiger partial charge >= 0.3 is 0 Å². The Kier molecular flexibility index (Phi) is 19.1. The average molecular weight is 317 g/mol. The minimum absolute atomic E-state index is 0. The number of hydrogen-bond donors (Lipinski definition) is 0. The number of likely N-dealkylation sites (N-methyl/N-ethyl adjacent to an activating group) is 2. The zero-order valence-corrected chi connectivity index (χ0v) is 15.1. The van der Waals surface area contributed by atoms with Crippen LogP contribution in [0.3, 0.4) is 0 Å². The molecule has 0 aromatic carbocycles. The van der Waals surface area contributed by atoms with E-state index in [1.807, 2.05) is 0 Å². The van der Waals surface area contributed by atoms with Crippen molar-refractivity contribution in [2.45, 2.75) is 53.6 Å². The fourth-order valence-electron chi connectivity index (χ4n) is 2.31. The number of rotatable bonds is 10. The van der Waals surface area contributed by atoms with Crippen LogP contribution in [-0.4, -0.2) is 61.3 Å². The summed E-state index contributed by atoms with van der Waals surface area (Å²) in [5.41, 5.74) is 0. The molecule has 5 heteroatoms. The van der Waals surface area contributed by atoms with Gasteiger partial charge in [-0.2, -0.15) is 0 Å². The largest absolute Gasteiger partial charge is 0.378 e. The lowest BCUT2D eigenvalue weighted by Crippen LogP contribution is -2.39. The summed E-state index contributed by atoms with van der Waals surface area (Å²) in [5, 5.41) is 0. The van der Waals surface area contributed by atoms with Crippen LogP contribution in [0.1, 0.15) is 41.5 Å². The van der Waals surface area contributed by atoms with Gasteiger partial charge in [-0.05, 0) is 40.0 Å². The Balaban J connectivity index is -0.00000128. The minimum atomic E-state index is 0. The van der Waals surface area contributed by atoms with E-state index in [-0.39, 0.29) is 24.8 Å². The van der Waals surface area contributed by atoms with Crippen molar-refractivity contribution < 1.29 is 4.74 Å². The predicted molar refractivity (Wildman–Crippen MR) is 90.1 cm³/mol. The van der Waals surface area contributed by atoms with E-state index in [1.54, 1.807) is 0 Å². The van der Waals surface area contributed by atoms with E-state index in [0.29, 0.717) is 12.1 Å². The van der Waals surface area contributed by atoms with Gasteiger partial charge in [-0.1, -0.05) is 27.7 Å². The van der Waals surface area contributed by atoms with E-state index >= 15 is 0 Å². The molecule has 3 nitrogen and oxygen atoms in total. The highest BCUT2D eigenvalue weighted by Gasteiger charge is 2.13. The van der Waals surface area contributed by atoms with Gasteiger partial charge in [-0.3, -0.25) is 9.80 Å². The van der Waals surface area contributed by atoms with E-state index < -0.39 is 0 Å². The van der Waals surface area contributed by atoms with E-state index in [2.05, 4.69) is 51.3 Å². The van der Waals surface area contributed by atoms with E-state index in [4.69, 9.17) is 4.74 Å². The van der Waals surface area contributed by atoms with Gasteiger partial charge in [0.15, 0.2) is 0 Å². The highest BCUT2D eigenvalue weighted by atomic mass is 35.5. The summed E-state index contributed by atoms with van der Waals surface area (Å²) >= 11 is 0. The molecule has 2 atom stereocenters. The van der Waals surface area contributed by atoms with Gasteiger partial charge in [0.1, 0.15) is 0 Å². The molecule has 0 aliphatic heterocycles. The lowest BCUT2D eigenvalue weighted by molar-refractivity contribution is 0.0354. The van der Waals surface area contributed by atoms with Crippen molar-refractivity contribution in [2.75, 3.05) is 39.4 Å². The quantitative estimate of drug-likeness (QED) is 0.615. The molecular weight excluding hydrogens is 283 g/mol. The normalized spacial score (nSPS) is 13.9. The summed E-state index contributed by atoms with van der Waals surface area (Å²) in [6.07, 6.45) is 0. The third kappa shape index (κ3) is 9.91. The highest BCUT2D eigenvalue weighted by molar-refractivity contribution is 5.85. The van der Waals surface area contributed by atoms with Crippen LogP contribution < -0.4 is 0 Å². The maximum Gasteiger partial charge on any atom is 0.0619 e. The van der Waals surface area contributed by atoms with Crippen molar-refractivity contribution >= 4 is 24.8 Å². The van der Waals surface area contributed by atoms with Crippen molar-refractivity contribution in [3.63, 3.8) is 0 Å². The van der Waals surface area contributed by atoms with Crippen LogP contribution in [0.4, 0.5) is 0 Å². The summed E-state index contributed by atoms with van der Waals surface area (Å²) in [6.45, 7) is 19.4. The van der Waals surface area contributed by atoms with Gasteiger partial charge < -0.3 is 4.74 Å². The molecule has 0 amide bonds. The molecule has 0 bridgehead atoms. The molecule has 0 rings (SSSR count). The second kappa shape index (κ2) is 14.9. The first-order valence-corrected chi connectivity index (χ1v) is 7.16. The maximum absolute atomic E-state index is 5.84. The second-order valence-electron chi connectivity index (χ2n) is 4.68. The van der Waals surface area contributed by atoms with Gasteiger partial charge in [0.05, 0.1) is 13.2 Å². The van der Waals surface area contributed by atoms with Crippen LogP contribution >= 0.6 is 24.8 Å². The summed E-state index contributed by atoms with van der Waals surface area (Å²) in [6, 6.07) is 1.04. The standard InChI is InChI=1S/C14H32N2O.2ClH/c1-7-15(8-2)13(5)11-17-12-14(6)16(9-3)10-4;;/h13-14H,7-12H2,1-6H3;2*1H. The predicted octanol–water partition coefficient (Wildman–Crippen LogP) is 3.31. The Morgan fingerprint density at radius 1 is 0.684 bits per heavy atom. The molecule has 2 unspecified atom stereocenters. The Morgan fingerprint density at radius 3 is 1.16 bits per heavy atom. The molecule has 0 saturated carbocycles. The number of halogens is 2. The van der Waals surface area contributed by atoms with E-state index in [9.17, 15) is 0 Å². The Hall–Kier alpha value is 0.460. The summed E-state index contributed by atoms with van der Waals surface area (Å²) in [5.74, 6) is 0. The fourth-order valence-corrected chi connectivity index (χ4v) is 2.31. The zero-order valence-electron chi connectivity index (χ0n) is 13.5. The topological polar surface area (TPSA) is 15.7 Å². The van der Waals surface area contributed by atoms with Gasteiger partial charge in [-0.15, -0.1) is 24.8 Å². The molecule has 0 aliphatic carbocycles. The zero-order chi connectivity index (χ0) is 13.3. The summed E-state index contributed by atoms with van der Waals surface area (Å²) in [4.78, 5) is 4.87. The smallest absolute Gasteiger partial charge is 0.0619 e. The van der Waals surface area contributed by atoms with Gasteiger partial charge in [0, 0.05) is 12.1 Å². The van der Waals surface area contributed by atoms with Crippen molar-refractivity contribution in [2.24, 2.45) is 0 Å². The molecule has 0 aliphatic rings. The lowest BCUT2D eigenvalue weighted by atomic mass is 10.3. The molecular formula is C14H34Cl2N2O. The number of ether oxygens (including phenoxy) is 1. The monoisotopic (exact) mass is 316 g/mol. The number of hydrogen-bond acceptors (Lipinski definition) is 3. The molecule has 0 heterocycles. The molecule has 120 valence electrons. The Bertz CT molecular complexity index is 159. The second-order valence-corrected chi connectivity index (χ2v) is 4.68. The van der Waals surface area contributed by atoms with Gasteiger partial charge in [0.2, 0.25) is 0 Å². The van der Waals surface area contributed by atoms with Crippen LogP contribution in [-0.2, 0) is 4.74 Å². The molecule has 0 spiro atoms. The van der Waals surface area contributed by atoms with Gasteiger partial charge in [0.25, 0.3) is 0 Å². The molecule has 0 N–H and O–H groups in total. The van der Waals surface area contributed by atoms with Crippen molar-refractivity contribution in [3.8, 4) is 0 Å². The highest BCUT2D eigenvalue weighted by Crippen LogP contribution is 2.02. The fraction of sp³-hybridized carbons (Fsp3) is 1.00. The molecule has 0 aromatic heterocycles. The maximum atomic E-state index is 5.84. The first-order valence-electron chi connectivity index (χ1n) is 7.16. The third-order valence-electron chi connectivity index (χ3n) is 3.59. The first-order chi connectivity index (χ1) is 8.10. The Morgan fingerprint density at radius 2 is 0.947 bits per heavy atom. The molecule has 0 saturated heterocycles. The SMILES string of the molecule is CCN(CC)C(C)COCC(C)N(CC)CC.Cl.Cl. The van der Waals surface area contributed by atoms with E-state index in [1.165, 1.54) is 0 Å². The van der Waals surface area contributed by atoms with Crippen LogP contribution in [0.2, 0.25) is 0 Å². The lowest BCUT2D eigenvalue weighted by Gasteiger charge is -2.29. The van der Waals surface area contributed by atoms with E-state index in [0.717, 1.165) is 39.4 Å². The van der Waals surface area contributed by atoms with Crippen molar-refractivity contribution in [3.05, 3.63) is 0 Å². The third-order valence-corrected chi connectivity index (χ3v) is 3.59. The molecule has 0 fully saturated rings. The van der Waals surface area contributed by atoms with Crippen molar-refractivity contribution in [1.29, 1.82) is 0 Å². The van der Waals surface area contributed by atoms with Crippen LogP contribution in [0.15, 0.2) is 0 Å². The summed E-state index contributed by atoms with van der Waals surface area (Å²) < 4.78 is 5.84. The first kappa shape index (κ1) is 24.5.